The fraction of sp³-hybridized carbons (Fsp3) is 0.176. The quantitative estimate of drug-likeness (QED) is 0.861. The molecule has 0 saturated heterocycles. The fourth-order valence-electron chi connectivity index (χ4n) is 2.71. The summed E-state index contributed by atoms with van der Waals surface area (Å²) in [6.07, 6.45) is -3.09. The predicted octanol–water partition coefficient (Wildman–Crippen LogP) is 3.54. The molecule has 1 heterocycles. The number of amides is 2. The van der Waals surface area contributed by atoms with E-state index in [0.717, 1.165) is 28.8 Å². The van der Waals surface area contributed by atoms with Gasteiger partial charge in [-0.25, -0.2) is 22.9 Å². The van der Waals surface area contributed by atoms with Gasteiger partial charge < -0.3 is 0 Å². The first-order valence-corrected chi connectivity index (χ1v) is 9.28. The number of hydrazone groups is 1. The Balaban J connectivity index is 1.87. The average Bonchev–Trinajstić information content (AvgIpc) is 3.11. The van der Waals surface area contributed by atoms with Gasteiger partial charge in [0.05, 0.1) is 16.5 Å². The molecule has 0 aromatic heterocycles. The van der Waals surface area contributed by atoms with Gasteiger partial charge in [0.25, 0.3) is 10.0 Å². The molecule has 6 nitrogen and oxygen atoms in total. The summed E-state index contributed by atoms with van der Waals surface area (Å²) in [4.78, 5) is 11.4. The number of carbonyl (C=O) groups is 1. The molecule has 1 aliphatic rings. The summed E-state index contributed by atoms with van der Waals surface area (Å²) < 4.78 is 65.7. The van der Waals surface area contributed by atoms with Gasteiger partial charge in [0.15, 0.2) is 0 Å². The Labute approximate surface area is 153 Å². The van der Waals surface area contributed by atoms with E-state index in [4.69, 9.17) is 0 Å². The van der Waals surface area contributed by atoms with E-state index in [1.165, 1.54) is 6.21 Å². The molecule has 0 fully saturated rings. The third-order valence-electron chi connectivity index (χ3n) is 3.93. The van der Waals surface area contributed by atoms with E-state index in [-0.39, 0.29) is 0 Å². The summed E-state index contributed by atoms with van der Waals surface area (Å²) in [5.74, 6) is 0. The average molecular weight is 397 g/mol. The van der Waals surface area contributed by atoms with E-state index in [1.807, 2.05) is 0 Å². The molecule has 10 heteroatoms. The first-order chi connectivity index (χ1) is 12.7. The number of sulfonamides is 1. The highest BCUT2D eigenvalue weighted by Gasteiger charge is 2.38. The summed E-state index contributed by atoms with van der Waals surface area (Å²) in [7, 11) is -4.75. The lowest BCUT2D eigenvalue weighted by Crippen LogP contribution is -2.40. The van der Waals surface area contributed by atoms with E-state index >= 15 is 0 Å². The number of nitrogens with one attached hydrogen (secondary N) is 1. The van der Waals surface area contributed by atoms with Crippen LogP contribution in [-0.2, 0) is 16.2 Å². The van der Waals surface area contributed by atoms with Gasteiger partial charge in [-0.05, 0) is 17.7 Å². The monoisotopic (exact) mass is 397 g/mol. The molecular formula is C17H14F3N3O3S. The van der Waals surface area contributed by atoms with Crippen LogP contribution >= 0.6 is 0 Å². The summed E-state index contributed by atoms with van der Waals surface area (Å²) in [5, 5.41) is 4.76. The second-order valence-electron chi connectivity index (χ2n) is 5.71. The van der Waals surface area contributed by atoms with Crippen LogP contribution in [0.4, 0.5) is 18.0 Å². The number of urea groups is 1. The summed E-state index contributed by atoms with van der Waals surface area (Å²) in [6, 6.07) is 10.7. The molecule has 1 N–H and O–H groups in total. The standard InChI is InChI=1S/C17H14F3N3O3S/c18-17(19,20)13-8-4-5-9-15(13)27(25,26)22-16(24)23-14(10-11-21-23)12-6-2-1-3-7-12/h1-9,11,14H,10H2,(H,22,24). The molecule has 1 unspecified atom stereocenters. The Morgan fingerprint density at radius 3 is 2.37 bits per heavy atom. The van der Waals surface area contributed by atoms with Gasteiger partial charge in [0, 0.05) is 12.6 Å². The number of hydrogen-bond donors (Lipinski definition) is 1. The van der Waals surface area contributed by atoms with Crippen molar-refractivity contribution in [1.82, 2.24) is 9.73 Å². The second-order valence-corrected chi connectivity index (χ2v) is 7.36. The van der Waals surface area contributed by atoms with Crippen LogP contribution in [0.3, 0.4) is 0 Å². The molecule has 2 aromatic carbocycles. The minimum Gasteiger partial charge on any atom is -0.245 e. The van der Waals surface area contributed by atoms with Crippen LogP contribution in [0.25, 0.3) is 0 Å². The smallest absolute Gasteiger partial charge is 0.245 e. The zero-order chi connectivity index (χ0) is 19.7. The van der Waals surface area contributed by atoms with E-state index < -0.39 is 38.7 Å². The van der Waals surface area contributed by atoms with Crippen molar-refractivity contribution in [2.75, 3.05) is 0 Å². The fourth-order valence-corrected chi connectivity index (χ4v) is 3.88. The molecule has 2 aromatic rings. The number of rotatable bonds is 3. The third kappa shape index (κ3) is 3.95. The number of hydrogen-bond acceptors (Lipinski definition) is 4. The Kier molecular flexibility index (Phi) is 4.92. The molecule has 0 bridgehead atoms. The van der Waals surface area contributed by atoms with E-state index in [0.29, 0.717) is 12.5 Å². The van der Waals surface area contributed by atoms with Gasteiger partial charge in [-0.15, -0.1) is 0 Å². The van der Waals surface area contributed by atoms with Gasteiger partial charge >= 0.3 is 12.2 Å². The van der Waals surface area contributed by atoms with Gasteiger partial charge in [0.1, 0.15) is 0 Å². The Hall–Kier alpha value is -2.88. The summed E-state index contributed by atoms with van der Waals surface area (Å²) in [5.41, 5.74) is -0.631. The van der Waals surface area contributed by atoms with Crippen LogP contribution in [0.1, 0.15) is 23.6 Å². The first-order valence-electron chi connectivity index (χ1n) is 7.80. The highest BCUT2D eigenvalue weighted by atomic mass is 32.2. The highest BCUT2D eigenvalue weighted by molar-refractivity contribution is 7.90. The lowest BCUT2D eigenvalue weighted by molar-refractivity contribution is -0.139. The molecule has 27 heavy (non-hydrogen) atoms. The summed E-state index contributed by atoms with van der Waals surface area (Å²) in [6.45, 7) is 0. The predicted molar refractivity (Wildman–Crippen MR) is 91.3 cm³/mol. The van der Waals surface area contributed by atoms with Crippen LogP contribution in [0.5, 0.6) is 0 Å². The van der Waals surface area contributed by atoms with Crippen LogP contribution in [-0.4, -0.2) is 25.7 Å². The minimum absolute atomic E-state index is 0.358. The lowest BCUT2D eigenvalue weighted by atomic mass is 10.1. The van der Waals surface area contributed by atoms with E-state index in [1.54, 1.807) is 35.1 Å². The number of halogens is 3. The molecule has 2 amide bonds. The van der Waals surface area contributed by atoms with Gasteiger partial charge in [-0.1, -0.05) is 42.5 Å². The van der Waals surface area contributed by atoms with Crippen LogP contribution in [0.2, 0.25) is 0 Å². The van der Waals surface area contributed by atoms with E-state index in [9.17, 15) is 26.4 Å². The van der Waals surface area contributed by atoms with Crippen molar-refractivity contribution in [2.24, 2.45) is 5.10 Å². The van der Waals surface area contributed by atoms with Crippen molar-refractivity contribution in [2.45, 2.75) is 23.5 Å². The number of alkyl halides is 3. The van der Waals surface area contributed by atoms with Gasteiger partial charge in [-0.3, -0.25) is 0 Å². The molecule has 0 spiro atoms. The molecule has 1 aliphatic heterocycles. The van der Waals surface area contributed by atoms with Crippen LogP contribution in [0.15, 0.2) is 64.6 Å². The third-order valence-corrected chi connectivity index (χ3v) is 5.30. The zero-order valence-electron chi connectivity index (χ0n) is 13.7. The normalized spacial score (nSPS) is 17.1. The highest BCUT2D eigenvalue weighted by Crippen LogP contribution is 2.34. The Bertz CT molecular complexity index is 976. The molecular weight excluding hydrogens is 383 g/mol. The number of nitrogens with zero attached hydrogens (tertiary/aromatic N) is 2. The maximum atomic E-state index is 13.1. The maximum absolute atomic E-state index is 13.1. The summed E-state index contributed by atoms with van der Waals surface area (Å²) >= 11 is 0. The number of carbonyl (C=O) groups excluding carboxylic acids is 1. The molecule has 3 rings (SSSR count). The van der Waals surface area contributed by atoms with Crippen molar-refractivity contribution in [3.8, 4) is 0 Å². The molecule has 0 saturated carbocycles. The SMILES string of the molecule is O=C(NS(=O)(=O)c1ccccc1C(F)(F)F)N1N=CCC1c1ccccc1. The molecule has 1 atom stereocenters. The van der Waals surface area contributed by atoms with Crippen LogP contribution in [0, 0.1) is 0 Å². The Morgan fingerprint density at radius 2 is 1.70 bits per heavy atom. The molecule has 0 radical (unpaired) electrons. The maximum Gasteiger partial charge on any atom is 0.417 e. The van der Waals surface area contributed by atoms with Crippen molar-refractivity contribution >= 4 is 22.3 Å². The van der Waals surface area contributed by atoms with Crippen molar-refractivity contribution in [1.29, 1.82) is 0 Å². The number of benzene rings is 2. The first kappa shape index (κ1) is 18.9. The molecule has 0 aliphatic carbocycles. The van der Waals surface area contributed by atoms with Crippen molar-refractivity contribution < 1.29 is 26.4 Å². The Morgan fingerprint density at radius 1 is 1.07 bits per heavy atom. The minimum atomic E-state index is -4.88. The topological polar surface area (TPSA) is 78.8 Å². The van der Waals surface area contributed by atoms with Crippen molar-refractivity contribution in [3.63, 3.8) is 0 Å². The van der Waals surface area contributed by atoms with Crippen LogP contribution < -0.4 is 4.72 Å². The van der Waals surface area contributed by atoms with E-state index in [2.05, 4.69) is 5.10 Å². The van der Waals surface area contributed by atoms with Gasteiger partial charge in [0.2, 0.25) is 0 Å². The van der Waals surface area contributed by atoms with Crippen molar-refractivity contribution in [3.05, 3.63) is 65.7 Å². The lowest BCUT2D eigenvalue weighted by Gasteiger charge is -2.22. The second kappa shape index (κ2) is 7.03. The largest absolute Gasteiger partial charge is 0.417 e. The molecule has 142 valence electrons. The zero-order valence-corrected chi connectivity index (χ0v) is 14.5. The van der Waals surface area contributed by atoms with Gasteiger partial charge in [-0.2, -0.15) is 18.3 Å².